The van der Waals surface area contributed by atoms with E-state index in [9.17, 15) is 0 Å². The molecule has 1 aliphatic carbocycles. The summed E-state index contributed by atoms with van der Waals surface area (Å²) in [6.07, 6.45) is 6.28. The van der Waals surface area contributed by atoms with Gasteiger partial charge in [0.25, 0.3) is 0 Å². The molecule has 0 bridgehead atoms. The van der Waals surface area contributed by atoms with Gasteiger partial charge in [-0.05, 0) is 38.1 Å². The van der Waals surface area contributed by atoms with Gasteiger partial charge < -0.3 is 19.4 Å². The lowest BCUT2D eigenvalue weighted by molar-refractivity contribution is 0.290. The van der Waals surface area contributed by atoms with E-state index in [4.69, 9.17) is 9.47 Å². The van der Waals surface area contributed by atoms with E-state index in [1.807, 2.05) is 37.8 Å². The van der Waals surface area contributed by atoms with Crippen molar-refractivity contribution >= 4 is 0 Å². The molecule has 0 aliphatic heterocycles. The van der Waals surface area contributed by atoms with E-state index < -0.39 is 0 Å². The fraction of sp³-hybridized carbons (Fsp3) is 0.438. The van der Waals surface area contributed by atoms with Crippen molar-refractivity contribution in [3.8, 4) is 11.5 Å². The van der Waals surface area contributed by atoms with Crippen LogP contribution in [0.5, 0.6) is 11.5 Å². The van der Waals surface area contributed by atoms with Gasteiger partial charge in [-0.25, -0.2) is 4.98 Å². The number of rotatable bonds is 7. The zero-order valence-electron chi connectivity index (χ0n) is 12.5. The van der Waals surface area contributed by atoms with Gasteiger partial charge in [-0.1, -0.05) is 0 Å². The van der Waals surface area contributed by atoms with Crippen molar-refractivity contribution in [3.63, 3.8) is 0 Å². The van der Waals surface area contributed by atoms with E-state index in [1.54, 1.807) is 7.11 Å². The number of nitrogens with one attached hydrogen (secondary N) is 1. The van der Waals surface area contributed by atoms with E-state index >= 15 is 0 Å². The molecular formula is C16H21N3O2. The minimum Gasteiger partial charge on any atom is -0.497 e. The molecule has 0 unspecified atom stereocenters. The van der Waals surface area contributed by atoms with Crippen LogP contribution >= 0.6 is 0 Å². The first-order valence-electron chi connectivity index (χ1n) is 7.27. The largest absolute Gasteiger partial charge is 0.497 e. The van der Waals surface area contributed by atoms with Gasteiger partial charge >= 0.3 is 0 Å². The van der Waals surface area contributed by atoms with Gasteiger partial charge in [0, 0.05) is 18.2 Å². The molecule has 3 rings (SSSR count). The van der Waals surface area contributed by atoms with Crippen LogP contribution in [0.3, 0.4) is 0 Å². The summed E-state index contributed by atoms with van der Waals surface area (Å²) < 4.78 is 13.5. The molecule has 5 heteroatoms. The Labute approximate surface area is 124 Å². The lowest BCUT2D eigenvalue weighted by Gasteiger charge is -2.13. The van der Waals surface area contributed by atoms with Gasteiger partial charge in [-0.15, -0.1) is 0 Å². The Balaban J connectivity index is 1.73. The highest BCUT2D eigenvalue weighted by Gasteiger charge is 2.25. The van der Waals surface area contributed by atoms with Crippen LogP contribution in [0.15, 0.2) is 30.7 Å². The molecule has 1 saturated carbocycles. The second kappa shape index (κ2) is 6.18. The summed E-state index contributed by atoms with van der Waals surface area (Å²) in [7, 11) is 3.60. The van der Waals surface area contributed by atoms with Gasteiger partial charge in [-0.2, -0.15) is 0 Å². The van der Waals surface area contributed by atoms with Crippen molar-refractivity contribution in [2.24, 2.45) is 0 Å². The third kappa shape index (κ3) is 3.19. The fourth-order valence-corrected chi connectivity index (χ4v) is 2.43. The maximum Gasteiger partial charge on any atom is 0.130 e. The normalized spacial score (nSPS) is 14.2. The molecular weight excluding hydrogens is 266 g/mol. The summed E-state index contributed by atoms with van der Waals surface area (Å²) in [6, 6.07) is 6.51. The smallest absolute Gasteiger partial charge is 0.130 e. The third-order valence-electron chi connectivity index (χ3n) is 3.70. The SMILES string of the molecule is CNCc1cc(OC)ccc1OCc1cncn1C1CC1. The average molecular weight is 287 g/mol. The average Bonchev–Trinajstić information content (AvgIpc) is 3.25. The van der Waals surface area contributed by atoms with Crippen molar-refractivity contribution in [3.05, 3.63) is 42.0 Å². The highest BCUT2D eigenvalue weighted by atomic mass is 16.5. The number of hydrogen-bond donors (Lipinski definition) is 1. The molecule has 1 aromatic carbocycles. The number of benzene rings is 1. The number of methoxy groups -OCH3 is 1. The minimum absolute atomic E-state index is 0.541. The van der Waals surface area contributed by atoms with E-state index in [1.165, 1.54) is 12.8 Å². The highest BCUT2D eigenvalue weighted by Crippen LogP contribution is 2.36. The lowest BCUT2D eigenvalue weighted by Crippen LogP contribution is -2.09. The van der Waals surface area contributed by atoms with E-state index in [2.05, 4.69) is 14.9 Å². The Hall–Kier alpha value is -2.01. The van der Waals surface area contributed by atoms with E-state index in [0.29, 0.717) is 12.6 Å². The molecule has 1 N–H and O–H groups in total. The molecule has 5 nitrogen and oxygen atoms in total. The van der Waals surface area contributed by atoms with Crippen LogP contribution in [0.25, 0.3) is 0 Å². The molecule has 1 aliphatic rings. The first-order valence-corrected chi connectivity index (χ1v) is 7.27. The number of hydrogen-bond acceptors (Lipinski definition) is 4. The monoisotopic (exact) mass is 287 g/mol. The predicted molar refractivity (Wildman–Crippen MR) is 80.6 cm³/mol. The Bertz CT molecular complexity index is 605. The lowest BCUT2D eigenvalue weighted by atomic mass is 10.2. The van der Waals surface area contributed by atoms with Crippen molar-refractivity contribution < 1.29 is 9.47 Å². The zero-order chi connectivity index (χ0) is 14.7. The van der Waals surface area contributed by atoms with Crippen LogP contribution in [0.2, 0.25) is 0 Å². The minimum atomic E-state index is 0.541. The molecule has 1 fully saturated rings. The summed E-state index contributed by atoms with van der Waals surface area (Å²) in [6.45, 7) is 1.29. The maximum absolute atomic E-state index is 6.00. The molecule has 0 spiro atoms. The molecule has 112 valence electrons. The Kier molecular flexibility index (Phi) is 4.10. The van der Waals surface area contributed by atoms with Gasteiger partial charge in [-0.3, -0.25) is 0 Å². The molecule has 0 radical (unpaired) electrons. The first kappa shape index (κ1) is 13.9. The van der Waals surface area contributed by atoms with Gasteiger partial charge in [0.05, 0.1) is 25.3 Å². The fourth-order valence-electron chi connectivity index (χ4n) is 2.43. The molecule has 1 heterocycles. The quantitative estimate of drug-likeness (QED) is 0.850. The molecule has 2 aromatic rings. The van der Waals surface area contributed by atoms with E-state index in [-0.39, 0.29) is 0 Å². The van der Waals surface area contributed by atoms with Crippen molar-refractivity contribution in [1.82, 2.24) is 14.9 Å². The molecule has 0 atom stereocenters. The summed E-state index contributed by atoms with van der Waals surface area (Å²) in [5.41, 5.74) is 2.22. The van der Waals surface area contributed by atoms with Crippen LogP contribution in [-0.2, 0) is 13.2 Å². The Morgan fingerprint density at radius 2 is 2.24 bits per heavy atom. The Morgan fingerprint density at radius 3 is 2.95 bits per heavy atom. The van der Waals surface area contributed by atoms with Crippen molar-refractivity contribution in [2.75, 3.05) is 14.2 Å². The van der Waals surface area contributed by atoms with Crippen LogP contribution in [0.4, 0.5) is 0 Å². The van der Waals surface area contributed by atoms with Crippen LogP contribution in [0.1, 0.15) is 30.1 Å². The first-order chi connectivity index (χ1) is 10.3. The van der Waals surface area contributed by atoms with Crippen molar-refractivity contribution in [1.29, 1.82) is 0 Å². The van der Waals surface area contributed by atoms with Gasteiger partial charge in [0.2, 0.25) is 0 Å². The number of nitrogens with zero attached hydrogens (tertiary/aromatic N) is 2. The van der Waals surface area contributed by atoms with E-state index in [0.717, 1.165) is 29.3 Å². The number of imidazole rings is 1. The molecule has 0 amide bonds. The molecule has 0 saturated heterocycles. The summed E-state index contributed by atoms with van der Waals surface area (Å²) in [5.74, 6) is 1.73. The molecule has 21 heavy (non-hydrogen) atoms. The third-order valence-corrected chi connectivity index (χ3v) is 3.70. The van der Waals surface area contributed by atoms with Crippen LogP contribution in [0, 0.1) is 0 Å². The maximum atomic E-state index is 6.00. The summed E-state index contributed by atoms with van der Waals surface area (Å²) in [4.78, 5) is 4.23. The topological polar surface area (TPSA) is 48.3 Å². The van der Waals surface area contributed by atoms with Crippen LogP contribution < -0.4 is 14.8 Å². The number of aromatic nitrogens is 2. The summed E-state index contributed by atoms with van der Waals surface area (Å²) >= 11 is 0. The van der Waals surface area contributed by atoms with Crippen molar-refractivity contribution in [2.45, 2.75) is 32.0 Å². The van der Waals surface area contributed by atoms with Gasteiger partial charge in [0.1, 0.15) is 18.1 Å². The van der Waals surface area contributed by atoms with Crippen LogP contribution in [-0.4, -0.2) is 23.7 Å². The zero-order valence-corrected chi connectivity index (χ0v) is 12.5. The predicted octanol–water partition coefficient (Wildman–Crippen LogP) is 2.53. The summed E-state index contributed by atoms with van der Waals surface area (Å²) in [5, 5.41) is 3.16. The standard InChI is InChI=1S/C16H21N3O2/c1-17-8-12-7-15(20-2)5-6-16(12)21-10-14-9-18-11-19(14)13-3-4-13/h5-7,9,11,13,17H,3-4,8,10H2,1-2H3. The Morgan fingerprint density at radius 1 is 1.38 bits per heavy atom. The van der Waals surface area contributed by atoms with Gasteiger partial charge in [0.15, 0.2) is 0 Å². The highest BCUT2D eigenvalue weighted by molar-refractivity contribution is 5.40. The molecule has 1 aromatic heterocycles. The second-order valence-electron chi connectivity index (χ2n) is 5.32. The number of ether oxygens (including phenoxy) is 2. The second-order valence-corrected chi connectivity index (χ2v) is 5.32.